The quantitative estimate of drug-likeness (QED) is 0.765. The van der Waals surface area contributed by atoms with Crippen LogP contribution in [0.2, 0.25) is 0 Å². The lowest BCUT2D eigenvalue weighted by Gasteiger charge is -2.40. The molecule has 0 bridgehead atoms. The number of piperidine rings is 1. The Bertz CT molecular complexity index is 737. The van der Waals surface area contributed by atoms with Crippen molar-refractivity contribution in [3.8, 4) is 5.75 Å². The summed E-state index contributed by atoms with van der Waals surface area (Å²) in [6, 6.07) is 8.20. The highest BCUT2D eigenvalue weighted by molar-refractivity contribution is 5.83. The third-order valence-corrected chi connectivity index (χ3v) is 5.74. The molecule has 6 heteroatoms. The van der Waals surface area contributed by atoms with Gasteiger partial charge in [-0.15, -0.1) is 0 Å². The molecule has 0 aromatic heterocycles. The van der Waals surface area contributed by atoms with Crippen LogP contribution >= 0.6 is 0 Å². The number of rotatable bonds is 3. The van der Waals surface area contributed by atoms with E-state index in [1.807, 2.05) is 32.0 Å². The smallest absolute Gasteiger partial charge is 0.234 e. The van der Waals surface area contributed by atoms with Crippen molar-refractivity contribution in [3.05, 3.63) is 42.0 Å². The number of nitrogens with one attached hydrogen (secondary N) is 2. The SMILES string of the molecule is CC(C)NC(=O)CN1CCC2(C/C=C/Cc3ccccc3OCCNC2=O)CC1. The van der Waals surface area contributed by atoms with Crippen LogP contribution in [0.5, 0.6) is 5.75 Å². The van der Waals surface area contributed by atoms with Crippen molar-refractivity contribution in [2.75, 3.05) is 32.8 Å². The summed E-state index contributed by atoms with van der Waals surface area (Å²) in [6.45, 7) is 6.80. The minimum absolute atomic E-state index is 0.0507. The Kier molecular flexibility index (Phi) is 7.31. The molecule has 0 atom stereocenters. The highest BCUT2D eigenvalue weighted by Crippen LogP contribution is 2.36. The van der Waals surface area contributed by atoms with E-state index in [2.05, 4.69) is 33.8 Å². The standard InChI is InChI=1S/C23H33N3O3/c1-18(2)25-21(27)17-26-14-11-23(12-15-26)10-6-5-8-19-7-3-4-9-20(19)29-16-13-24-22(23)28/h3-7,9,18H,8,10-17H2,1-2H3,(H,24,28)(H,25,27)/b6-5+. The number of hydrogen-bond acceptors (Lipinski definition) is 4. The Morgan fingerprint density at radius 2 is 2.00 bits per heavy atom. The van der Waals surface area contributed by atoms with E-state index in [0.29, 0.717) is 19.7 Å². The Balaban J connectivity index is 1.64. The summed E-state index contributed by atoms with van der Waals surface area (Å²) in [5, 5.41) is 6.02. The van der Waals surface area contributed by atoms with Crippen molar-refractivity contribution in [1.29, 1.82) is 0 Å². The van der Waals surface area contributed by atoms with Crippen LogP contribution in [0.1, 0.15) is 38.7 Å². The number of carbonyl (C=O) groups is 2. The van der Waals surface area contributed by atoms with E-state index < -0.39 is 5.41 Å². The van der Waals surface area contributed by atoms with Crippen molar-refractivity contribution < 1.29 is 14.3 Å². The lowest BCUT2D eigenvalue weighted by molar-refractivity contribution is -0.134. The monoisotopic (exact) mass is 399 g/mol. The fraction of sp³-hybridized carbons (Fsp3) is 0.565. The molecule has 0 radical (unpaired) electrons. The summed E-state index contributed by atoms with van der Waals surface area (Å²) in [7, 11) is 0. The average Bonchev–Trinajstić information content (AvgIpc) is 2.69. The number of fused-ring (bicyclic) bond motifs is 1. The molecule has 2 aliphatic heterocycles. The van der Waals surface area contributed by atoms with Gasteiger partial charge in [-0.05, 0) is 64.3 Å². The van der Waals surface area contributed by atoms with Crippen LogP contribution in [0, 0.1) is 5.41 Å². The highest BCUT2D eigenvalue weighted by Gasteiger charge is 2.40. The van der Waals surface area contributed by atoms with Gasteiger partial charge in [0.1, 0.15) is 12.4 Å². The molecule has 1 aromatic carbocycles. The topological polar surface area (TPSA) is 70.7 Å². The van der Waals surface area contributed by atoms with E-state index in [-0.39, 0.29) is 17.9 Å². The van der Waals surface area contributed by atoms with Crippen LogP contribution in [-0.2, 0) is 16.0 Å². The summed E-state index contributed by atoms with van der Waals surface area (Å²) in [5.41, 5.74) is 0.760. The fourth-order valence-electron chi connectivity index (χ4n) is 4.08. The first-order chi connectivity index (χ1) is 14.0. The van der Waals surface area contributed by atoms with Gasteiger partial charge in [0.25, 0.3) is 0 Å². The Morgan fingerprint density at radius 3 is 2.76 bits per heavy atom. The van der Waals surface area contributed by atoms with Crippen molar-refractivity contribution in [1.82, 2.24) is 15.5 Å². The minimum atomic E-state index is -0.403. The number of allylic oxidation sites excluding steroid dienone is 2. The summed E-state index contributed by atoms with van der Waals surface area (Å²) in [4.78, 5) is 27.2. The maximum Gasteiger partial charge on any atom is 0.234 e. The molecule has 1 aromatic rings. The van der Waals surface area contributed by atoms with Gasteiger partial charge < -0.3 is 15.4 Å². The second-order valence-electron chi connectivity index (χ2n) is 8.37. The van der Waals surface area contributed by atoms with Gasteiger partial charge in [0.15, 0.2) is 0 Å². The third kappa shape index (κ3) is 5.82. The molecule has 29 heavy (non-hydrogen) atoms. The second kappa shape index (κ2) is 9.92. The van der Waals surface area contributed by atoms with Gasteiger partial charge in [-0.25, -0.2) is 0 Å². The van der Waals surface area contributed by atoms with Crippen LogP contribution in [0.3, 0.4) is 0 Å². The van der Waals surface area contributed by atoms with Crippen LogP contribution in [0.4, 0.5) is 0 Å². The minimum Gasteiger partial charge on any atom is -0.491 e. The molecular weight excluding hydrogens is 366 g/mol. The van der Waals surface area contributed by atoms with Gasteiger partial charge in [-0.2, -0.15) is 0 Å². The van der Waals surface area contributed by atoms with Gasteiger partial charge in [0.05, 0.1) is 18.5 Å². The molecule has 1 saturated heterocycles. The summed E-state index contributed by atoms with van der Waals surface area (Å²) in [5.74, 6) is 1.04. The number of likely N-dealkylation sites (tertiary alicyclic amines) is 1. The molecule has 2 heterocycles. The van der Waals surface area contributed by atoms with Crippen molar-refractivity contribution in [2.45, 2.75) is 45.6 Å². The maximum absolute atomic E-state index is 13.0. The molecule has 2 aliphatic rings. The average molecular weight is 400 g/mol. The molecular formula is C23H33N3O3. The molecule has 1 fully saturated rings. The lowest BCUT2D eigenvalue weighted by Crippen LogP contribution is -2.51. The lowest BCUT2D eigenvalue weighted by atomic mass is 9.74. The van der Waals surface area contributed by atoms with Gasteiger partial charge in [0.2, 0.25) is 11.8 Å². The van der Waals surface area contributed by atoms with Crippen molar-refractivity contribution in [2.24, 2.45) is 5.41 Å². The second-order valence-corrected chi connectivity index (χ2v) is 8.37. The third-order valence-electron chi connectivity index (χ3n) is 5.74. The Labute approximate surface area is 173 Å². The van der Waals surface area contributed by atoms with Crippen LogP contribution in [0.25, 0.3) is 0 Å². The summed E-state index contributed by atoms with van der Waals surface area (Å²) in [6.07, 6.45) is 7.33. The molecule has 0 saturated carbocycles. The molecule has 1 spiro atoms. The number of benzene rings is 1. The largest absolute Gasteiger partial charge is 0.491 e. The van der Waals surface area contributed by atoms with Gasteiger partial charge in [-0.3, -0.25) is 14.5 Å². The van der Waals surface area contributed by atoms with E-state index >= 15 is 0 Å². The van der Waals surface area contributed by atoms with E-state index in [0.717, 1.165) is 50.1 Å². The first kappa shape index (κ1) is 21.4. The van der Waals surface area contributed by atoms with Crippen molar-refractivity contribution >= 4 is 11.8 Å². The predicted octanol–water partition coefficient (Wildman–Crippen LogP) is 2.29. The van der Waals surface area contributed by atoms with E-state index in [1.165, 1.54) is 0 Å². The maximum atomic E-state index is 13.0. The zero-order valence-electron chi connectivity index (χ0n) is 17.6. The van der Waals surface area contributed by atoms with Crippen LogP contribution < -0.4 is 15.4 Å². The fourth-order valence-corrected chi connectivity index (χ4v) is 4.08. The Hall–Kier alpha value is -2.34. The molecule has 2 N–H and O–H groups in total. The first-order valence-electron chi connectivity index (χ1n) is 10.6. The van der Waals surface area contributed by atoms with Crippen LogP contribution in [0.15, 0.2) is 36.4 Å². The molecule has 6 nitrogen and oxygen atoms in total. The number of hydrogen-bond donors (Lipinski definition) is 2. The number of ether oxygens (including phenoxy) is 1. The summed E-state index contributed by atoms with van der Waals surface area (Å²) < 4.78 is 5.88. The number of para-hydroxylation sites is 1. The van der Waals surface area contributed by atoms with E-state index in [4.69, 9.17) is 4.74 Å². The molecule has 0 aliphatic carbocycles. The Morgan fingerprint density at radius 1 is 1.24 bits per heavy atom. The number of carbonyl (C=O) groups excluding carboxylic acids is 2. The van der Waals surface area contributed by atoms with E-state index in [9.17, 15) is 9.59 Å². The van der Waals surface area contributed by atoms with Gasteiger partial charge in [0, 0.05) is 6.04 Å². The van der Waals surface area contributed by atoms with Gasteiger partial charge >= 0.3 is 0 Å². The molecule has 158 valence electrons. The highest BCUT2D eigenvalue weighted by atomic mass is 16.5. The van der Waals surface area contributed by atoms with Crippen LogP contribution in [-0.4, -0.2) is 55.5 Å². The summed E-state index contributed by atoms with van der Waals surface area (Å²) >= 11 is 0. The molecule has 2 amide bonds. The van der Waals surface area contributed by atoms with Gasteiger partial charge in [-0.1, -0.05) is 30.4 Å². The first-order valence-corrected chi connectivity index (χ1v) is 10.6. The number of amides is 2. The normalized spacial score (nSPS) is 21.3. The van der Waals surface area contributed by atoms with Crippen molar-refractivity contribution in [3.63, 3.8) is 0 Å². The zero-order valence-corrected chi connectivity index (χ0v) is 17.6. The molecule has 3 rings (SSSR count). The molecule has 0 unspecified atom stereocenters. The van der Waals surface area contributed by atoms with E-state index in [1.54, 1.807) is 0 Å². The predicted molar refractivity (Wildman–Crippen MR) is 114 cm³/mol. The number of nitrogens with zero attached hydrogens (tertiary/aromatic N) is 1. The zero-order chi connectivity index (χ0) is 20.7.